The van der Waals surface area contributed by atoms with Crippen LogP contribution >= 0.6 is 0 Å². The van der Waals surface area contributed by atoms with Crippen LogP contribution in [0.5, 0.6) is 0 Å². The van der Waals surface area contributed by atoms with E-state index in [2.05, 4.69) is 13.2 Å². The second-order valence-electron chi connectivity index (χ2n) is 7.07. The number of hydrogen-bond donors (Lipinski definition) is 0. The molecule has 0 aromatic heterocycles. The molecule has 0 aliphatic rings. The minimum Gasteiger partial charge on any atom is -0.377 e. The summed E-state index contributed by atoms with van der Waals surface area (Å²) in [5.74, 6) is 0. The summed E-state index contributed by atoms with van der Waals surface area (Å²) < 4.78 is 32.1. The van der Waals surface area contributed by atoms with Crippen LogP contribution in [0.4, 0.5) is 0 Å². The SMILES string of the molecule is C=CCCCCCC[Si](OC)(OC)OC.C=CCCCCCC[Si](OC)(OC)OC. The van der Waals surface area contributed by atoms with Crippen molar-refractivity contribution in [3.05, 3.63) is 25.3 Å². The second kappa shape index (κ2) is 21.9. The molecule has 0 aliphatic carbocycles. The van der Waals surface area contributed by atoms with Gasteiger partial charge in [0.25, 0.3) is 0 Å². The zero-order valence-electron chi connectivity index (χ0n) is 20.5. The third kappa shape index (κ3) is 15.5. The molecule has 6 nitrogen and oxygen atoms in total. The number of allylic oxidation sites excluding steroid dienone is 2. The van der Waals surface area contributed by atoms with Gasteiger partial charge in [0.1, 0.15) is 0 Å². The lowest BCUT2D eigenvalue weighted by Gasteiger charge is -2.24. The van der Waals surface area contributed by atoms with Crippen LogP contribution in [0.2, 0.25) is 12.1 Å². The molecular weight excluding hydrogens is 416 g/mol. The number of unbranched alkanes of at least 4 members (excludes halogenated alkanes) is 8. The van der Waals surface area contributed by atoms with Crippen molar-refractivity contribution in [1.29, 1.82) is 0 Å². The van der Waals surface area contributed by atoms with Crippen LogP contribution in [0, 0.1) is 0 Å². The van der Waals surface area contributed by atoms with Crippen molar-refractivity contribution in [2.45, 2.75) is 76.3 Å². The Bertz CT molecular complexity index is 335. The summed E-state index contributed by atoms with van der Waals surface area (Å²) in [7, 11) is 5.37. The molecule has 0 spiro atoms. The minimum absolute atomic E-state index is 0.907. The van der Waals surface area contributed by atoms with Gasteiger partial charge in [-0.2, -0.15) is 0 Å². The van der Waals surface area contributed by atoms with E-state index in [1.165, 1.54) is 38.5 Å². The Morgan fingerprint density at radius 1 is 0.467 bits per heavy atom. The lowest BCUT2D eigenvalue weighted by molar-refractivity contribution is 0.122. The quantitative estimate of drug-likeness (QED) is 0.125. The van der Waals surface area contributed by atoms with Crippen molar-refractivity contribution < 1.29 is 26.6 Å². The monoisotopic (exact) mass is 464 g/mol. The molecule has 8 heteroatoms. The first kappa shape index (κ1) is 31.9. The summed E-state index contributed by atoms with van der Waals surface area (Å²) in [6.45, 7) is 7.41. The maximum atomic E-state index is 5.34. The third-order valence-electron chi connectivity index (χ3n) is 5.15. The van der Waals surface area contributed by atoms with E-state index in [0.717, 1.165) is 37.8 Å². The predicted molar refractivity (Wildman–Crippen MR) is 130 cm³/mol. The minimum atomic E-state index is -2.31. The maximum Gasteiger partial charge on any atom is 0.500 e. The van der Waals surface area contributed by atoms with Gasteiger partial charge in [-0.3, -0.25) is 0 Å². The second-order valence-corrected chi connectivity index (χ2v) is 13.3. The fraction of sp³-hybridized carbons (Fsp3) is 0.818. The van der Waals surface area contributed by atoms with Gasteiger partial charge in [0.05, 0.1) is 0 Å². The lowest BCUT2D eigenvalue weighted by Crippen LogP contribution is -2.42. The molecular formula is C22H48O6Si2. The molecule has 0 fully saturated rings. The van der Waals surface area contributed by atoms with Crippen molar-refractivity contribution >= 4 is 17.6 Å². The fourth-order valence-corrected chi connectivity index (χ4v) is 6.67. The molecule has 0 bridgehead atoms. The van der Waals surface area contributed by atoms with Crippen molar-refractivity contribution in [2.24, 2.45) is 0 Å². The summed E-state index contributed by atoms with van der Waals surface area (Å²) in [4.78, 5) is 0. The van der Waals surface area contributed by atoms with Gasteiger partial charge in [-0.05, 0) is 38.5 Å². The fourth-order valence-electron chi connectivity index (χ4n) is 3.08. The van der Waals surface area contributed by atoms with E-state index in [0.29, 0.717) is 0 Å². The average Bonchev–Trinajstić information content (AvgIpc) is 2.80. The van der Waals surface area contributed by atoms with Crippen LogP contribution < -0.4 is 0 Å². The smallest absolute Gasteiger partial charge is 0.377 e. The van der Waals surface area contributed by atoms with Crippen molar-refractivity contribution in [3.63, 3.8) is 0 Å². The van der Waals surface area contributed by atoms with Crippen LogP contribution in [0.3, 0.4) is 0 Å². The van der Waals surface area contributed by atoms with Gasteiger partial charge >= 0.3 is 17.6 Å². The molecule has 0 aromatic rings. The molecule has 0 saturated carbocycles. The highest BCUT2D eigenvalue weighted by Crippen LogP contribution is 2.18. The van der Waals surface area contributed by atoms with Crippen molar-refractivity contribution in [2.75, 3.05) is 42.7 Å². The summed E-state index contributed by atoms with van der Waals surface area (Å²) >= 11 is 0. The molecule has 0 atom stereocenters. The van der Waals surface area contributed by atoms with Crippen LogP contribution in [-0.4, -0.2) is 60.3 Å². The van der Waals surface area contributed by atoms with Crippen LogP contribution in [0.25, 0.3) is 0 Å². The molecule has 0 amide bonds. The van der Waals surface area contributed by atoms with E-state index < -0.39 is 17.6 Å². The Balaban J connectivity index is 0. The molecule has 180 valence electrons. The van der Waals surface area contributed by atoms with Gasteiger partial charge in [0.2, 0.25) is 0 Å². The Labute approximate surface area is 188 Å². The lowest BCUT2D eigenvalue weighted by atomic mass is 10.1. The third-order valence-corrected chi connectivity index (χ3v) is 10.8. The predicted octanol–water partition coefficient (Wildman–Crippen LogP) is 6.00. The van der Waals surface area contributed by atoms with Crippen molar-refractivity contribution in [3.8, 4) is 0 Å². The highest BCUT2D eigenvalue weighted by atomic mass is 28.4. The van der Waals surface area contributed by atoms with Gasteiger partial charge in [0.15, 0.2) is 0 Å². The Morgan fingerprint density at radius 2 is 0.733 bits per heavy atom. The van der Waals surface area contributed by atoms with Crippen LogP contribution in [0.15, 0.2) is 25.3 Å². The largest absolute Gasteiger partial charge is 0.500 e. The van der Waals surface area contributed by atoms with Crippen LogP contribution in [0.1, 0.15) is 64.2 Å². The molecule has 0 unspecified atom stereocenters. The zero-order chi connectivity index (χ0) is 23.1. The number of rotatable bonds is 20. The molecule has 0 radical (unpaired) electrons. The summed E-state index contributed by atoms with van der Waals surface area (Å²) in [6, 6.07) is 1.81. The highest BCUT2D eigenvalue weighted by molar-refractivity contribution is 6.60. The normalized spacial score (nSPS) is 11.7. The average molecular weight is 465 g/mol. The van der Waals surface area contributed by atoms with Gasteiger partial charge in [0, 0.05) is 54.7 Å². The van der Waals surface area contributed by atoms with E-state index in [-0.39, 0.29) is 0 Å². The summed E-state index contributed by atoms with van der Waals surface area (Å²) in [5, 5.41) is 0. The van der Waals surface area contributed by atoms with E-state index in [4.69, 9.17) is 26.6 Å². The molecule has 0 aliphatic heterocycles. The van der Waals surface area contributed by atoms with E-state index in [9.17, 15) is 0 Å². The number of hydrogen-bond acceptors (Lipinski definition) is 6. The van der Waals surface area contributed by atoms with E-state index in [1.807, 2.05) is 12.2 Å². The maximum absolute atomic E-state index is 5.34. The van der Waals surface area contributed by atoms with Gasteiger partial charge in [-0.1, -0.05) is 37.8 Å². The van der Waals surface area contributed by atoms with Gasteiger partial charge in [-0.15, -0.1) is 13.2 Å². The molecule has 30 heavy (non-hydrogen) atoms. The highest BCUT2D eigenvalue weighted by Gasteiger charge is 2.37. The summed E-state index contributed by atoms with van der Waals surface area (Å²) in [5.41, 5.74) is 0. The Morgan fingerprint density at radius 3 is 0.967 bits per heavy atom. The first-order chi connectivity index (χ1) is 14.5. The Kier molecular flexibility index (Phi) is 23.2. The summed E-state index contributed by atoms with van der Waals surface area (Å²) in [6.07, 6.45) is 15.7. The van der Waals surface area contributed by atoms with E-state index in [1.54, 1.807) is 42.7 Å². The molecule has 0 rings (SSSR count). The van der Waals surface area contributed by atoms with Crippen molar-refractivity contribution in [1.82, 2.24) is 0 Å². The van der Waals surface area contributed by atoms with Crippen LogP contribution in [-0.2, 0) is 26.6 Å². The molecule has 0 aromatic carbocycles. The molecule has 0 heterocycles. The Hall–Kier alpha value is -0.326. The zero-order valence-corrected chi connectivity index (χ0v) is 22.5. The van der Waals surface area contributed by atoms with Gasteiger partial charge in [-0.25, -0.2) is 0 Å². The molecule has 0 N–H and O–H groups in total. The topological polar surface area (TPSA) is 55.4 Å². The first-order valence-corrected chi connectivity index (χ1v) is 14.9. The molecule has 0 saturated heterocycles. The first-order valence-electron chi connectivity index (χ1n) is 11.0. The van der Waals surface area contributed by atoms with E-state index >= 15 is 0 Å². The van der Waals surface area contributed by atoms with Gasteiger partial charge < -0.3 is 26.6 Å². The standard InChI is InChI=1S/2C11H24O3Si/c2*1-5-6-7-8-9-10-11-15(12-2,13-3)14-4/h2*5H,1,6-11H2,2-4H3.